The van der Waals surface area contributed by atoms with Crippen LogP contribution in [0.3, 0.4) is 0 Å². The first-order valence-electron chi connectivity index (χ1n) is 4.48. The van der Waals surface area contributed by atoms with Crippen LogP contribution in [0.1, 0.15) is 18.5 Å². The van der Waals surface area contributed by atoms with Crippen molar-refractivity contribution >= 4 is 0 Å². The molecule has 0 spiro atoms. The van der Waals surface area contributed by atoms with Gasteiger partial charge in [-0.1, -0.05) is 6.07 Å². The molecule has 78 valence electrons. The monoisotopic (exact) mass is 199 g/mol. The number of aromatic hydroxyl groups is 1. The normalized spacial score (nSPS) is 12.8. The van der Waals surface area contributed by atoms with Crippen molar-refractivity contribution in [2.75, 3.05) is 13.2 Å². The Labute approximate surface area is 82.2 Å². The van der Waals surface area contributed by atoms with Crippen LogP contribution in [0.15, 0.2) is 18.2 Å². The van der Waals surface area contributed by atoms with Gasteiger partial charge in [0.1, 0.15) is 11.6 Å². The summed E-state index contributed by atoms with van der Waals surface area (Å²) in [7, 11) is 0. The highest BCUT2D eigenvalue weighted by Crippen LogP contribution is 2.20. The highest BCUT2D eigenvalue weighted by atomic mass is 19.1. The quantitative estimate of drug-likeness (QED) is 0.682. The molecule has 1 aromatic rings. The molecule has 0 bridgehead atoms. The van der Waals surface area contributed by atoms with Gasteiger partial charge in [0.05, 0.1) is 6.61 Å². The molecule has 0 radical (unpaired) electrons. The van der Waals surface area contributed by atoms with Crippen LogP contribution in [0.25, 0.3) is 0 Å². The summed E-state index contributed by atoms with van der Waals surface area (Å²) in [6.45, 7) is 2.23. The Hall–Kier alpha value is -1.13. The molecule has 0 aliphatic rings. The molecule has 0 fully saturated rings. The molecule has 0 saturated heterocycles. The minimum absolute atomic E-state index is 0.0179. The molecule has 1 aromatic carbocycles. The summed E-state index contributed by atoms with van der Waals surface area (Å²) in [6.07, 6.45) is 0. The van der Waals surface area contributed by atoms with Gasteiger partial charge in [-0.05, 0) is 13.0 Å². The molecule has 4 heteroatoms. The second-order valence-electron chi connectivity index (χ2n) is 3.11. The number of hydrogen-bond donors (Lipinski definition) is 3. The van der Waals surface area contributed by atoms with Crippen LogP contribution in [0.5, 0.6) is 5.75 Å². The van der Waals surface area contributed by atoms with E-state index in [0.29, 0.717) is 12.1 Å². The van der Waals surface area contributed by atoms with E-state index in [9.17, 15) is 4.39 Å². The molecule has 0 amide bonds. The lowest BCUT2D eigenvalue weighted by Crippen LogP contribution is -2.22. The van der Waals surface area contributed by atoms with E-state index < -0.39 is 5.82 Å². The fourth-order valence-electron chi connectivity index (χ4n) is 1.26. The lowest BCUT2D eigenvalue weighted by atomic mass is 10.1. The van der Waals surface area contributed by atoms with Crippen molar-refractivity contribution in [3.8, 4) is 5.75 Å². The Morgan fingerprint density at radius 2 is 2.21 bits per heavy atom. The third-order valence-electron chi connectivity index (χ3n) is 2.01. The second kappa shape index (κ2) is 4.93. The Balaban J connectivity index is 2.74. The maximum atomic E-state index is 13.3. The van der Waals surface area contributed by atoms with Crippen LogP contribution in [0.4, 0.5) is 4.39 Å². The van der Waals surface area contributed by atoms with Crippen LogP contribution in [-0.4, -0.2) is 23.4 Å². The summed E-state index contributed by atoms with van der Waals surface area (Å²) in [6, 6.07) is 3.87. The number of nitrogens with one attached hydrogen (secondary N) is 1. The fourth-order valence-corrected chi connectivity index (χ4v) is 1.26. The molecule has 1 rings (SSSR count). The van der Waals surface area contributed by atoms with Crippen LogP contribution in [0, 0.1) is 5.82 Å². The van der Waals surface area contributed by atoms with Gasteiger partial charge in [-0.3, -0.25) is 0 Å². The SMILES string of the molecule is CC(NCCO)c1ccc(O)cc1F. The number of hydrogen-bond acceptors (Lipinski definition) is 3. The van der Waals surface area contributed by atoms with Gasteiger partial charge < -0.3 is 15.5 Å². The maximum Gasteiger partial charge on any atom is 0.131 e. The van der Waals surface area contributed by atoms with E-state index >= 15 is 0 Å². The lowest BCUT2D eigenvalue weighted by Gasteiger charge is -2.14. The van der Waals surface area contributed by atoms with Crippen molar-refractivity contribution in [1.82, 2.24) is 5.32 Å². The zero-order valence-corrected chi connectivity index (χ0v) is 8.00. The van der Waals surface area contributed by atoms with Crippen molar-refractivity contribution in [2.45, 2.75) is 13.0 Å². The molecule has 0 aliphatic heterocycles. The van der Waals surface area contributed by atoms with Gasteiger partial charge >= 0.3 is 0 Å². The van der Waals surface area contributed by atoms with E-state index in [2.05, 4.69) is 5.32 Å². The largest absolute Gasteiger partial charge is 0.508 e. The predicted octanol–water partition coefficient (Wildman–Crippen LogP) is 1.17. The fraction of sp³-hybridized carbons (Fsp3) is 0.400. The maximum absolute atomic E-state index is 13.3. The standard InChI is InChI=1S/C10H14FNO2/c1-7(12-4-5-13)9-3-2-8(14)6-10(9)11/h2-3,6-7,12-14H,4-5H2,1H3. The topological polar surface area (TPSA) is 52.5 Å². The average Bonchev–Trinajstić information content (AvgIpc) is 2.14. The number of benzene rings is 1. The number of rotatable bonds is 4. The van der Waals surface area contributed by atoms with Gasteiger partial charge in [0.25, 0.3) is 0 Å². The highest BCUT2D eigenvalue weighted by Gasteiger charge is 2.10. The third kappa shape index (κ3) is 2.68. The highest BCUT2D eigenvalue weighted by molar-refractivity contribution is 5.29. The molecule has 3 nitrogen and oxygen atoms in total. The van der Waals surface area contributed by atoms with Gasteiger partial charge in [-0.15, -0.1) is 0 Å². The third-order valence-corrected chi connectivity index (χ3v) is 2.01. The summed E-state index contributed by atoms with van der Waals surface area (Å²) in [5.41, 5.74) is 0.483. The summed E-state index contributed by atoms with van der Waals surface area (Å²) >= 11 is 0. The summed E-state index contributed by atoms with van der Waals surface area (Å²) in [4.78, 5) is 0. The Bertz CT molecular complexity index is 304. The zero-order chi connectivity index (χ0) is 10.6. The van der Waals surface area contributed by atoms with E-state index in [1.165, 1.54) is 12.1 Å². The van der Waals surface area contributed by atoms with Crippen LogP contribution >= 0.6 is 0 Å². The van der Waals surface area contributed by atoms with Crippen molar-refractivity contribution in [2.24, 2.45) is 0 Å². The molecule has 0 heterocycles. The van der Waals surface area contributed by atoms with Crippen LogP contribution < -0.4 is 5.32 Å². The first-order valence-corrected chi connectivity index (χ1v) is 4.48. The summed E-state index contributed by atoms with van der Waals surface area (Å²) < 4.78 is 13.3. The minimum Gasteiger partial charge on any atom is -0.508 e. The van der Waals surface area contributed by atoms with Crippen molar-refractivity contribution in [3.05, 3.63) is 29.6 Å². The lowest BCUT2D eigenvalue weighted by molar-refractivity contribution is 0.285. The van der Waals surface area contributed by atoms with Crippen molar-refractivity contribution in [1.29, 1.82) is 0 Å². The van der Waals surface area contributed by atoms with E-state index in [0.717, 1.165) is 6.07 Å². The second-order valence-corrected chi connectivity index (χ2v) is 3.11. The Kier molecular flexibility index (Phi) is 3.85. The minimum atomic E-state index is -0.442. The number of phenols is 1. The van der Waals surface area contributed by atoms with E-state index in [4.69, 9.17) is 10.2 Å². The Morgan fingerprint density at radius 3 is 2.79 bits per heavy atom. The van der Waals surface area contributed by atoms with Gasteiger partial charge in [0.2, 0.25) is 0 Å². The van der Waals surface area contributed by atoms with E-state index in [1.807, 2.05) is 0 Å². The molecule has 1 unspecified atom stereocenters. The van der Waals surface area contributed by atoms with Crippen molar-refractivity contribution in [3.63, 3.8) is 0 Å². The molecular weight excluding hydrogens is 185 g/mol. The molecule has 0 saturated carbocycles. The molecule has 0 aromatic heterocycles. The summed E-state index contributed by atoms with van der Waals surface area (Å²) in [5, 5.41) is 20.5. The van der Waals surface area contributed by atoms with Crippen molar-refractivity contribution < 1.29 is 14.6 Å². The molecule has 14 heavy (non-hydrogen) atoms. The van der Waals surface area contributed by atoms with Gasteiger partial charge in [0.15, 0.2) is 0 Å². The average molecular weight is 199 g/mol. The van der Waals surface area contributed by atoms with E-state index in [-0.39, 0.29) is 18.4 Å². The van der Waals surface area contributed by atoms with Gasteiger partial charge in [-0.25, -0.2) is 4.39 Å². The Morgan fingerprint density at radius 1 is 1.50 bits per heavy atom. The summed E-state index contributed by atoms with van der Waals surface area (Å²) in [5.74, 6) is -0.524. The number of aliphatic hydroxyl groups is 1. The number of halogens is 1. The first-order chi connectivity index (χ1) is 6.65. The number of aliphatic hydroxyl groups excluding tert-OH is 1. The van der Waals surface area contributed by atoms with Crippen LogP contribution in [0.2, 0.25) is 0 Å². The molecule has 0 aliphatic carbocycles. The predicted molar refractivity (Wildman–Crippen MR) is 51.6 cm³/mol. The van der Waals surface area contributed by atoms with Gasteiger partial charge in [0, 0.05) is 24.2 Å². The zero-order valence-electron chi connectivity index (χ0n) is 8.00. The first kappa shape index (κ1) is 10.9. The molecular formula is C10H14FNO2. The smallest absolute Gasteiger partial charge is 0.131 e. The van der Waals surface area contributed by atoms with Gasteiger partial charge in [-0.2, -0.15) is 0 Å². The molecule has 3 N–H and O–H groups in total. The van der Waals surface area contributed by atoms with Crippen LogP contribution in [-0.2, 0) is 0 Å². The number of phenolic OH excluding ortho intramolecular Hbond substituents is 1. The molecule has 1 atom stereocenters. The van der Waals surface area contributed by atoms with E-state index in [1.54, 1.807) is 6.92 Å².